The number of carbonyl (C=O) groups is 1. The zero-order valence-electron chi connectivity index (χ0n) is 8.66. The third kappa shape index (κ3) is 2.97. The average molecular weight is 251 g/mol. The summed E-state index contributed by atoms with van der Waals surface area (Å²) in [5.74, 6) is 0.143. The van der Waals surface area contributed by atoms with E-state index in [-0.39, 0.29) is 16.7 Å². The zero-order chi connectivity index (χ0) is 12.3. The first-order chi connectivity index (χ1) is 8.15. The number of rotatable bonds is 4. The number of hydrogen-bond acceptors (Lipinski definition) is 6. The van der Waals surface area contributed by atoms with Gasteiger partial charge in [-0.3, -0.25) is 4.79 Å². The van der Waals surface area contributed by atoms with Crippen LogP contribution in [0.1, 0.15) is 0 Å². The standard InChI is InChI=1S/C10H9N3O3S/c11-8(15)5-17-10-13-12-9(16-10)6-1-3-7(14)4-2-6/h1-4,14H,5H2,(H2,11,15). The lowest BCUT2D eigenvalue weighted by molar-refractivity contribution is -0.115. The van der Waals surface area contributed by atoms with Crippen LogP contribution in [0.5, 0.6) is 5.75 Å². The van der Waals surface area contributed by atoms with E-state index < -0.39 is 5.91 Å². The van der Waals surface area contributed by atoms with E-state index in [2.05, 4.69) is 10.2 Å². The van der Waals surface area contributed by atoms with Crippen LogP contribution in [0.15, 0.2) is 33.9 Å². The highest BCUT2D eigenvalue weighted by Gasteiger charge is 2.09. The fourth-order valence-electron chi connectivity index (χ4n) is 1.12. The quantitative estimate of drug-likeness (QED) is 0.786. The maximum atomic E-state index is 10.6. The van der Waals surface area contributed by atoms with E-state index in [1.54, 1.807) is 12.1 Å². The van der Waals surface area contributed by atoms with Gasteiger partial charge in [0.25, 0.3) is 5.22 Å². The van der Waals surface area contributed by atoms with Crippen molar-refractivity contribution in [1.82, 2.24) is 10.2 Å². The van der Waals surface area contributed by atoms with Crippen LogP contribution < -0.4 is 5.73 Å². The summed E-state index contributed by atoms with van der Waals surface area (Å²) in [6.45, 7) is 0. The Balaban J connectivity index is 2.12. The summed E-state index contributed by atoms with van der Waals surface area (Å²) in [6.07, 6.45) is 0. The van der Waals surface area contributed by atoms with E-state index in [1.807, 2.05) is 0 Å². The molecule has 0 saturated heterocycles. The van der Waals surface area contributed by atoms with Gasteiger partial charge in [-0.2, -0.15) is 0 Å². The highest BCUT2D eigenvalue weighted by atomic mass is 32.2. The molecule has 1 amide bonds. The minimum atomic E-state index is -0.445. The fourth-order valence-corrected chi connectivity index (χ4v) is 1.62. The predicted molar refractivity (Wildman–Crippen MR) is 61.3 cm³/mol. The number of nitrogens with zero attached hydrogens (tertiary/aromatic N) is 2. The molecule has 0 aliphatic heterocycles. The van der Waals surface area contributed by atoms with Crippen molar-refractivity contribution >= 4 is 17.7 Å². The molecular weight excluding hydrogens is 242 g/mol. The highest BCUT2D eigenvalue weighted by molar-refractivity contribution is 7.99. The summed E-state index contributed by atoms with van der Waals surface area (Å²) in [4.78, 5) is 10.6. The molecule has 0 atom stereocenters. The number of carbonyl (C=O) groups excluding carboxylic acids is 1. The van der Waals surface area contributed by atoms with Gasteiger partial charge in [-0.1, -0.05) is 11.8 Å². The highest BCUT2D eigenvalue weighted by Crippen LogP contribution is 2.24. The number of hydrogen-bond donors (Lipinski definition) is 2. The van der Waals surface area contributed by atoms with Crippen LogP contribution >= 0.6 is 11.8 Å². The van der Waals surface area contributed by atoms with Gasteiger partial charge in [0.1, 0.15) is 5.75 Å². The van der Waals surface area contributed by atoms with Gasteiger partial charge in [0.15, 0.2) is 0 Å². The van der Waals surface area contributed by atoms with Gasteiger partial charge >= 0.3 is 0 Å². The number of benzene rings is 1. The number of primary amides is 1. The smallest absolute Gasteiger partial charge is 0.277 e. The van der Waals surface area contributed by atoms with Crippen molar-refractivity contribution in [2.45, 2.75) is 5.22 Å². The first kappa shape index (κ1) is 11.5. The lowest BCUT2D eigenvalue weighted by atomic mass is 10.2. The van der Waals surface area contributed by atoms with E-state index in [9.17, 15) is 4.79 Å². The van der Waals surface area contributed by atoms with E-state index >= 15 is 0 Å². The van der Waals surface area contributed by atoms with Crippen molar-refractivity contribution in [3.63, 3.8) is 0 Å². The molecule has 2 rings (SSSR count). The molecule has 2 aromatic rings. The van der Waals surface area contributed by atoms with Crippen molar-refractivity contribution in [3.8, 4) is 17.2 Å². The summed E-state index contributed by atoms with van der Waals surface area (Å²) < 4.78 is 5.31. The minimum Gasteiger partial charge on any atom is -0.508 e. The first-order valence-corrected chi connectivity index (χ1v) is 5.68. The van der Waals surface area contributed by atoms with Crippen LogP contribution in [0.3, 0.4) is 0 Å². The molecule has 1 aromatic heterocycles. The van der Waals surface area contributed by atoms with Crippen LogP contribution in [0, 0.1) is 0 Å². The SMILES string of the molecule is NC(=O)CSc1nnc(-c2ccc(O)cc2)o1. The van der Waals surface area contributed by atoms with Crippen molar-refractivity contribution in [2.24, 2.45) is 5.73 Å². The number of aromatic nitrogens is 2. The number of phenolic OH excluding ortho intramolecular Hbond substituents is 1. The molecule has 6 nitrogen and oxygen atoms in total. The minimum absolute atomic E-state index is 0.0945. The number of thioether (sulfide) groups is 1. The van der Waals surface area contributed by atoms with Gasteiger partial charge in [0.05, 0.1) is 5.75 Å². The molecule has 17 heavy (non-hydrogen) atoms. The van der Waals surface area contributed by atoms with E-state index in [0.717, 1.165) is 11.8 Å². The van der Waals surface area contributed by atoms with E-state index in [1.165, 1.54) is 12.1 Å². The van der Waals surface area contributed by atoms with Gasteiger partial charge < -0.3 is 15.3 Å². The summed E-state index contributed by atoms with van der Waals surface area (Å²) in [6, 6.07) is 6.36. The molecule has 0 aliphatic carbocycles. The second-order valence-corrected chi connectivity index (χ2v) is 4.10. The summed E-state index contributed by atoms with van der Waals surface area (Å²) >= 11 is 1.08. The second-order valence-electron chi connectivity index (χ2n) is 3.17. The number of phenols is 1. The molecule has 7 heteroatoms. The lowest BCUT2D eigenvalue weighted by Crippen LogP contribution is -2.12. The van der Waals surface area contributed by atoms with Crippen LogP contribution in [0.4, 0.5) is 0 Å². The van der Waals surface area contributed by atoms with Crippen molar-refractivity contribution < 1.29 is 14.3 Å². The summed E-state index contributed by atoms with van der Waals surface area (Å²) in [5, 5.41) is 17.0. The Morgan fingerprint density at radius 2 is 2.06 bits per heavy atom. The fraction of sp³-hybridized carbons (Fsp3) is 0.100. The van der Waals surface area contributed by atoms with Crippen LogP contribution in [0.2, 0.25) is 0 Å². The van der Waals surface area contributed by atoms with Gasteiger partial charge in [0, 0.05) is 5.56 Å². The van der Waals surface area contributed by atoms with E-state index in [4.69, 9.17) is 15.3 Å². The molecule has 0 spiro atoms. The average Bonchev–Trinajstić information content (AvgIpc) is 2.76. The number of amides is 1. The van der Waals surface area contributed by atoms with Crippen LogP contribution in [0.25, 0.3) is 11.5 Å². The molecule has 0 fully saturated rings. The predicted octanol–water partition coefficient (Wildman–Crippen LogP) is 1.02. The molecule has 0 saturated carbocycles. The topological polar surface area (TPSA) is 102 Å². The van der Waals surface area contributed by atoms with Crippen molar-refractivity contribution in [3.05, 3.63) is 24.3 Å². The van der Waals surface area contributed by atoms with Crippen molar-refractivity contribution in [1.29, 1.82) is 0 Å². The molecule has 88 valence electrons. The second kappa shape index (κ2) is 4.88. The maximum Gasteiger partial charge on any atom is 0.277 e. The zero-order valence-corrected chi connectivity index (χ0v) is 9.48. The van der Waals surface area contributed by atoms with Crippen LogP contribution in [-0.4, -0.2) is 27.0 Å². The molecule has 0 bridgehead atoms. The van der Waals surface area contributed by atoms with Crippen molar-refractivity contribution in [2.75, 3.05) is 5.75 Å². The molecule has 0 radical (unpaired) electrons. The van der Waals surface area contributed by atoms with Gasteiger partial charge in [-0.25, -0.2) is 0 Å². The Morgan fingerprint density at radius 1 is 1.35 bits per heavy atom. The molecule has 1 aromatic carbocycles. The molecule has 0 aliphatic rings. The Hall–Kier alpha value is -2.02. The monoisotopic (exact) mass is 251 g/mol. The first-order valence-electron chi connectivity index (χ1n) is 4.69. The molecule has 0 unspecified atom stereocenters. The molecule has 3 N–H and O–H groups in total. The Kier molecular flexibility index (Phi) is 3.29. The van der Waals surface area contributed by atoms with Crippen LogP contribution in [-0.2, 0) is 4.79 Å². The number of nitrogens with two attached hydrogens (primary N) is 1. The third-order valence-electron chi connectivity index (χ3n) is 1.86. The lowest BCUT2D eigenvalue weighted by Gasteiger charge is -1.94. The maximum absolute atomic E-state index is 10.6. The molecular formula is C10H9N3O3S. The van der Waals surface area contributed by atoms with Gasteiger partial charge in [0.2, 0.25) is 11.8 Å². The third-order valence-corrected chi connectivity index (χ3v) is 2.70. The normalized spacial score (nSPS) is 10.4. The molecule has 1 heterocycles. The Labute approximate surface area is 101 Å². The largest absolute Gasteiger partial charge is 0.508 e. The number of aromatic hydroxyl groups is 1. The summed E-state index contributed by atoms with van der Waals surface area (Å²) in [7, 11) is 0. The van der Waals surface area contributed by atoms with E-state index in [0.29, 0.717) is 11.5 Å². The van der Waals surface area contributed by atoms with Gasteiger partial charge in [-0.15, -0.1) is 10.2 Å². The van der Waals surface area contributed by atoms with Gasteiger partial charge in [-0.05, 0) is 24.3 Å². The Bertz CT molecular complexity index is 524. The Morgan fingerprint density at radius 3 is 2.71 bits per heavy atom. The summed E-state index contributed by atoms with van der Waals surface area (Å²) in [5.41, 5.74) is 5.69.